The van der Waals surface area contributed by atoms with Gasteiger partial charge in [0.15, 0.2) is 6.61 Å². The van der Waals surface area contributed by atoms with E-state index in [4.69, 9.17) is 9.47 Å². The molecule has 0 aliphatic heterocycles. The van der Waals surface area contributed by atoms with Gasteiger partial charge in [0.1, 0.15) is 11.5 Å². The molecule has 5 heteroatoms. The molecule has 0 aliphatic carbocycles. The Morgan fingerprint density at radius 3 is 2.81 bits per heavy atom. The van der Waals surface area contributed by atoms with Gasteiger partial charge in [-0.3, -0.25) is 9.59 Å². The molecule has 1 radical (unpaired) electrons. The Bertz CT molecular complexity index is 390. The van der Waals surface area contributed by atoms with Gasteiger partial charge in [0.25, 0.3) is 0 Å². The molecular formula is C11H12NO4. The van der Waals surface area contributed by atoms with E-state index in [1.54, 1.807) is 24.5 Å². The Balaban J connectivity index is 2.87. The van der Waals surface area contributed by atoms with E-state index >= 15 is 0 Å². The maximum Gasteiger partial charge on any atom is 0.239 e. The van der Waals surface area contributed by atoms with Gasteiger partial charge in [0.05, 0.1) is 12.8 Å². The Hall–Kier alpha value is -2.04. The lowest BCUT2D eigenvalue weighted by Gasteiger charge is -2.10. The Morgan fingerprint density at radius 2 is 2.25 bits per heavy atom. The van der Waals surface area contributed by atoms with E-state index in [1.807, 2.05) is 0 Å². The van der Waals surface area contributed by atoms with Crippen LogP contribution in [0.15, 0.2) is 18.2 Å². The van der Waals surface area contributed by atoms with Gasteiger partial charge in [-0.1, -0.05) is 0 Å². The fourth-order valence-corrected chi connectivity index (χ4v) is 1.17. The second-order valence-electron chi connectivity index (χ2n) is 2.98. The van der Waals surface area contributed by atoms with Crippen molar-refractivity contribution in [2.45, 2.75) is 6.92 Å². The SMILES string of the molecule is COc1cc(OC[C]=O)ccc1NC(C)=O. The minimum atomic E-state index is -0.187. The van der Waals surface area contributed by atoms with Crippen LogP contribution in [0.2, 0.25) is 0 Å². The second kappa shape index (κ2) is 5.75. The van der Waals surface area contributed by atoms with Crippen molar-refractivity contribution in [1.29, 1.82) is 0 Å². The van der Waals surface area contributed by atoms with Crippen LogP contribution in [0.3, 0.4) is 0 Å². The third-order valence-corrected chi connectivity index (χ3v) is 1.78. The molecule has 0 saturated carbocycles. The molecule has 0 saturated heterocycles. The lowest BCUT2D eigenvalue weighted by Crippen LogP contribution is -2.07. The number of nitrogens with one attached hydrogen (secondary N) is 1. The molecule has 1 aromatic rings. The van der Waals surface area contributed by atoms with E-state index in [2.05, 4.69) is 5.32 Å². The van der Waals surface area contributed by atoms with Crippen LogP contribution in [0.25, 0.3) is 0 Å². The predicted molar refractivity (Wildman–Crippen MR) is 58.5 cm³/mol. The summed E-state index contributed by atoms with van der Waals surface area (Å²) in [6, 6.07) is 4.86. The lowest BCUT2D eigenvalue weighted by atomic mass is 10.2. The zero-order valence-electron chi connectivity index (χ0n) is 9.07. The summed E-state index contributed by atoms with van der Waals surface area (Å²) >= 11 is 0. The van der Waals surface area contributed by atoms with Crippen LogP contribution in [-0.4, -0.2) is 25.9 Å². The van der Waals surface area contributed by atoms with Crippen LogP contribution >= 0.6 is 0 Å². The van der Waals surface area contributed by atoms with Crippen molar-refractivity contribution < 1.29 is 19.1 Å². The average Bonchev–Trinajstić information content (AvgIpc) is 2.27. The van der Waals surface area contributed by atoms with E-state index < -0.39 is 0 Å². The first kappa shape index (κ1) is 12.0. The third kappa shape index (κ3) is 3.27. The minimum Gasteiger partial charge on any atom is -0.494 e. The number of hydrogen-bond donors (Lipinski definition) is 1. The van der Waals surface area contributed by atoms with Crippen LogP contribution in [0.4, 0.5) is 5.69 Å². The van der Waals surface area contributed by atoms with E-state index in [-0.39, 0.29) is 12.5 Å². The highest BCUT2D eigenvalue weighted by Crippen LogP contribution is 2.28. The molecule has 1 aromatic carbocycles. The normalized spacial score (nSPS) is 9.38. The molecule has 0 fully saturated rings. The Labute approximate surface area is 93.4 Å². The molecule has 0 spiro atoms. The van der Waals surface area contributed by atoms with Crippen LogP contribution < -0.4 is 14.8 Å². The summed E-state index contributed by atoms with van der Waals surface area (Å²) in [5.41, 5.74) is 0.553. The second-order valence-corrected chi connectivity index (χ2v) is 2.98. The zero-order chi connectivity index (χ0) is 12.0. The van der Waals surface area contributed by atoms with Gasteiger partial charge in [-0.2, -0.15) is 0 Å². The number of benzene rings is 1. The number of anilines is 1. The zero-order valence-corrected chi connectivity index (χ0v) is 9.07. The lowest BCUT2D eigenvalue weighted by molar-refractivity contribution is -0.114. The molecule has 0 heterocycles. The summed E-state index contributed by atoms with van der Waals surface area (Å²) in [7, 11) is 1.48. The van der Waals surface area contributed by atoms with Crippen LogP contribution in [-0.2, 0) is 9.59 Å². The summed E-state index contributed by atoms with van der Waals surface area (Å²) < 4.78 is 10.1. The molecule has 16 heavy (non-hydrogen) atoms. The summed E-state index contributed by atoms with van der Waals surface area (Å²) in [5.74, 6) is 0.765. The summed E-state index contributed by atoms with van der Waals surface area (Å²) in [5, 5.41) is 2.61. The fraction of sp³-hybridized carbons (Fsp3) is 0.273. The number of ether oxygens (including phenoxy) is 2. The van der Waals surface area contributed by atoms with E-state index in [0.717, 1.165) is 0 Å². The molecule has 1 rings (SSSR count). The first-order valence-corrected chi connectivity index (χ1v) is 4.61. The molecule has 0 aromatic heterocycles. The highest BCUT2D eigenvalue weighted by atomic mass is 16.5. The van der Waals surface area contributed by atoms with Crippen molar-refractivity contribution in [2.75, 3.05) is 19.0 Å². The van der Waals surface area contributed by atoms with Crippen LogP contribution in [0.1, 0.15) is 6.92 Å². The molecule has 0 atom stereocenters. The largest absolute Gasteiger partial charge is 0.494 e. The number of amides is 1. The molecule has 85 valence electrons. The standard InChI is InChI=1S/C11H12NO4/c1-8(14)12-10-4-3-9(16-6-5-13)7-11(10)15-2/h3-4,7H,6H2,1-2H3,(H,12,14). The topological polar surface area (TPSA) is 64.6 Å². The van der Waals surface area contributed by atoms with E-state index in [0.29, 0.717) is 17.2 Å². The van der Waals surface area contributed by atoms with Gasteiger partial charge >= 0.3 is 0 Å². The van der Waals surface area contributed by atoms with Crippen molar-refractivity contribution in [3.63, 3.8) is 0 Å². The molecule has 1 N–H and O–H groups in total. The van der Waals surface area contributed by atoms with E-state index in [1.165, 1.54) is 14.0 Å². The van der Waals surface area contributed by atoms with Gasteiger partial charge < -0.3 is 14.8 Å². The van der Waals surface area contributed by atoms with Crippen LogP contribution in [0, 0.1) is 0 Å². The summed E-state index contributed by atoms with van der Waals surface area (Å²) in [6.45, 7) is 1.27. The average molecular weight is 222 g/mol. The number of hydrogen-bond acceptors (Lipinski definition) is 4. The maximum atomic E-state index is 10.9. The molecular weight excluding hydrogens is 210 g/mol. The maximum absolute atomic E-state index is 10.9. The summed E-state index contributed by atoms with van der Waals surface area (Å²) in [6.07, 6.45) is 1.62. The number of methoxy groups -OCH3 is 1. The van der Waals surface area contributed by atoms with Crippen molar-refractivity contribution in [3.05, 3.63) is 18.2 Å². The molecule has 5 nitrogen and oxygen atoms in total. The van der Waals surface area contributed by atoms with Gasteiger partial charge in [0, 0.05) is 13.0 Å². The van der Waals surface area contributed by atoms with Gasteiger partial charge in [-0.25, -0.2) is 0 Å². The highest BCUT2D eigenvalue weighted by Gasteiger charge is 2.06. The van der Waals surface area contributed by atoms with Crippen LogP contribution in [0.5, 0.6) is 11.5 Å². The van der Waals surface area contributed by atoms with Gasteiger partial charge in [-0.05, 0) is 12.1 Å². The molecule has 1 amide bonds. The Morgan fingerprint density at radius 1 is 1.50 bits per heavy atom. The van der Waals surface area contributed by atoms with E-state index in [9.17, 15) is 9.59 Å². The Kier molecular flexibility index (Phi) is 4.32. The van der Waals surface area contributed by atoms with Gasteiger partial charge in [0.2, 0.25) is 12.2 Å². The monoisotopic (exact) mass is 222 g/mol. The van der Waals surface area contributed by atoms with Crippen molar-refractivity contribution in [1.82, 2.24) is 0 Å². The predicted octanol–water partition coefficient (Wildman–Crippen LogP) is 1.14. The highest BCUT2D eigenvalue weighted by molar-refractivity contribution is 5.90. The first-order chi connectivity index (χ1) is 7.67. The molecule has 0 bridgehead atoms. The quantitative estimate of drug-likeness (QED) is 0.811. The smallest absolute Gasteiger partial charge is 0.239 e. The number of carbonyl (C=O) groups is 1. The van der Waals surface area contributed by atoms with Crippen molar-refractivity contribution >= 4 is 17.9 Å². The molecule has 0 aliphatic rings. The number of rotatable bonds is 5. The van der Waals surface area contributed by atoms with Gasteiger partial charge in [-0.15, -0.1) is 0 Å². The molecule has 0 unspecified atom stereocenters. The minimum absolute atomic E-state index is 0.136. The fourth-order valence-electron chi connectivity index (χ4n) is 1.17. The van der Waals surface area contributed by atoms with Crippen molar-refractivity contribution in [3.8, 4) is 11.5 Å². The number of carbonyl (C=O) groups excluding carboxylic acids is 2. The summed E-state index contributed by atoms with van der Waals surface area (Å²) in [4.78, 5) is 20.9. The van der Waals surface area contributed by atoms with Crippen molar-refractivity contribution in [2.24, 2.45) is 0 Å². The third-order valence-electron chi connectivity index (χ3n) is 1.78. The first-order valence-electron chi connectivity index (χ1n) is 4.61.